The van der Waals surface area contributed by atoms with Gasteiger partial charge >= 0.3 is 5.69 Å². The van der Waals surface area contributed by atoms with Gasteiger partial charge in [0.2, 0.25) is 0 Å². The van der Waals surface area contributed by atoms with Crippen molar-refractivity contribution in [3.8, 4) is 5.69 Å². The van der Waals surface area contributed by atoms with Gasteiger partial charge in [-0.3, -0.25) is 14.8 Å². The first-order valence-corrected chi connectivity index (χ1v) is 7.23. The highest BCUT2D eigenvalue weighted by atomic mass is 16.2. The first kappa shape index (κ1) is 12.9. The maximum absolute atomic E-state index is 12.3. The lowest BCUT2D eigenvalue weighted by Gasteiger charge is -2.11. The number of aromatic nitrogens is 4. The SMILES string of the molecule is Cc1ncccc1-n1c(=O)[nH]c(=O)c2ccc(C3CC3)nc21. The third kappa shape index (κ3) is 1.95. The van der Waals surface area contributed by atoms with E-state index in [-0.39, 0.29) is 0 Å². The molecule has 0 atom stereocenters. The Morgan fingerprint density at radius 1 is 1.23 bits per heavy atom. The summed E-state index contributed by atoms with van der Waals surface area (Å²) < 4.78 is 1.44. The number of nitrogens with zero attached hydrogens (tertiary/aromatic N) is 3. The molecule has 0 aromatic carbocycles. The van der Waals surface area contributed by atoms with Crippen LogP contribution >= 0.6 is 0 Å². The third-order valence-corrected chi connectivity index (χ3v) is 3.99. The van der Waals surface area contributed by atoms with E-state index in [1.807, 2.05) is 13.0 Å². The van der Waals surface area contributed by atoms with Crippen molar-refractivity contribution in [3.63, 3.8) is 0 Å². The summed E-state index contributed by atoms with van der Waals surface area (Å²) in [5, 5.41) is 0.409. The Morgan fingerprint density at radius 3 is 2.77 bits per heavy atom. The average Bonchev–Trinajstić information content (AvgIpc) is 3.33. The molecule has 3 heterocycles. The van der Waals surface area contributed by atoms with Crippen LogP contribution in [0.5, 0.6) is 0 Å². The molecule has 0 radical (unpaired) electrons. The van der Waals surface area contributed by atoms with E-state index >= 15 is 0 Å². The molecule has 0 aliphatic heterocycles. The molecule has 3 aromatic rings. The second-order valence-corrected chi connectivity index (χ2v) is 5.58. The first-order chi connectivity index (χ1) is 10.6. The zero-order valence-corrected chi connectivity index (χ0v) is 12.0. The van der Waals surface area contributed by atoms with Crippen LogP contribution in [0.4, 0.5) is 0 Å². The molecule has 0 spiro atoms. The van der Waals surface area contributed by atoms with Gasteiger partial charge in [-0.05, 0) is 44.0 Å². The lowest BCUT2D eigenvalue weighted by molar-refractivity contribution is 0.895. The van der Waals surface area contributed by atoms with Gasteiger partial charge in [-0.2, -0.15) is 0 Å². The smallest absolute Gasteiger partial charge is 0.273 e. The van der Waals surface area contributed by atoms with Crippen molar-refractivity contribution < 1.29 is 0 Å². The molecule has 1 fully saturated rings. The summed E-state index contributed by atoms with van der Waals surface area (Å²) in [5.41, 5.74) is 1.77. The van der Waals surface area contributed by atoms with Gasteiger partial charge in [-0.15, -0.1) is 0 Å². The summed E-state index contributed by atoms with van der Waals surface area (Å²) >= 11 is 0. The molecule has 3 aromatic heterocycles. The van der Waals surface area contributed by atoms with Crippen molar-refractivity contribution in [2.75, 3.05) is 0 Å². The van der Waals surface area contributed by atoms with Crippen LogP contribution in [-0.4, -0.2) is 19.5 Å². The lowest BCUT2D eigenvalue weighted by Crippen LogP contribution is -2.30. The normalized spacial score (nSPS) is 14.4. The van der Waals surface area contributed by atoms with Gasteiger partial charge in [0.1, 0.15) is 0 Å². The van der Waals surface area contributed by atoms with Crippen molar-refractivity contribution in [2.45, 2.75) is 25.7 Å². The topological polar surface area (TPSA) is 80.6 Å². The molecule has 0 bridgehead atoms. The molecule has 1 saturated carbocycles. The summed E-state index contributed by atoms with van der Waals surface area (Å²) in [4.78, 5) is 35.5. The molecule has 110 valence electrons. The second kappa shape index (κ2) is 4.62. The lowest BCUT2D eigenvalue weighted by atomic mass is 10.2. The number of nitrogens with one attached hydrogen (secondary N) is 1. The van der Waals surface area contributed by atoms with Crippen LogP contribution in [0.2, 0.25) is 0 Å². The fraction of sp³-hybridized carbons (Fsp3) is 0.250. The van der Waals surface area contributed by atoms with E-state index in [9.17, 15) is 9.59 Å². The first-order valence-electron chi connectivity index (χ1n) is 7.23. The Kier molecular flexibility index (Phi) is 2.72. The minimum atomic E-state index is -0.492. The standard InChI is InChI=1S/C16H14N4O2/c1-9-13(3-2-8-17-9)20-14-11(15(21)19-16(20)22)6-7-12(18-14)10-4-5-10/h2-3,6-8,10H,4-5H2,1H3,(H,19,21,22). The van der Waals surface area contributed by atoms with Gasteiger partial charge < -0.3 is 0 Å². The molecule has 0 amide bonds. The van der Waals surface area contributed by atoms with Gasteiger partial charge in [-0.25, -0.2) is 14.3 Å². The molecule has 1 aliphatic rings. The zero-order valence-electron chi connectivity index (χ0n) is 12.0. The second-order valence-electron chi connectivity index (χ2n) is 5.58. The highest BCUT2D eigenvalue weighted by Gasteiger charge is 2.26. The van der Waals surface area contributed by atoms with E-state index in [4.69, 9.17) is 0 Å². The van der Waals surface area contributed by atoms with E-state index in [0.29, 0.717) is 28.3 Å². The molecule has 1 N–H and O–H groups in total. The highest BCUT2D eigenvalue weighted by Crippen LogP contribution is 2.39. The molecule has 0 unspecified atom stereocenters. The molecule has 0 saturated heterocycles. The molecule has 6 nitrogen and oxygen atoms in total. The number of fused-ring (bicyclic) bond motifs is 1. The number of aromatic amines is 1. The van der Waals surface area contributed by atoms with Gasteiger partial charge in [0, 0.05) is 17.8 Å². The predicted octanol–water partition coefficient (Wildman–Crippen LogP) is 1.65. The maximum Gasteiger partial charge on any atom is 0.334 e. The highest BCUT2D eigenvalue weighted by molar-refractivity contribution is 5.76. The minimum Gasteiger partial charge on any atom is -0.273 e. The Hall–Kier alpha value is -2.76. The number of rotatable bonds is 2. The summed E-state index contributed by atoms with van der Waals surface area (Å²) in [6.45, 7) is 1.82. The van der Waals surface area contributed by atoms with E-state index in [2.05, 4.69) is 15.0 Å². The van der Waals surface area contributed by atoms with Crippen LogP contribution in [0.25, 0.3) is 16.7 Å². The number of H-pyrrole nitrogens is 1. The van der Waals surface area contributed by atoms with E-state index < -0.39 is 11.2 Å². The number of hydrogen-bond acceptors (Lipinski definition) is 4. The molecular formula is C16H14N4O2. The summed E-state index contributed by atoms with van der Waals surface area (Å²) in [7, 11) is 0. The van der Waals surface area contributed by atoms with Crippen molar-refractivity contribution in [3.05, 3.63) is 62.7 Å². The van der Waals surface area contributed by atoms with Crippen molar-refractivity contribution in [2.24, 2.45) is 0 Å². The Bertz CT molecular complexity index is 999. The molecule has 22 heavy (non-hydrogen) atoms. The van der Waals surface area contributed by atoms with Crippen molar-refractivity contribution >= 4 is 11.0 Å². The Balaban J connectivity index is 2.12. The van der Waals surface area contributed by atoms with Crippen LogP contribution in [0.1, 0.15) is 30.1 Å². The van der Waals surface area contributed by atoms with E-state index in [1.165, 1.54) is 4.57 Å². The zero-order chi connectivity index (χ0) is 15.3. The van der Waals surface area contributed by atoms with Crippen LogP contribution in [0.15, 0.2) is 40.1 Å². The number of aryl methyl sites for hydroxylation is 1. The van der Waals surface area contributed by atoms with Crippen LogP contribution in [-0.2, 0) is 0 Å². The van der Waals surface area contributed by atoms with Gasteiger partial charge in [0.05, 0.1) is 16.8 Å². The summed E-state index contributed by atoms with van der Waals surface area (Å²) in [6, 6.07) is 7.18. The molecule has 6 heteroatoms. The van der Waals surface area contributed by atoms with Crippen LogP contribution in [0, 0.1) is 6.92 Å². The van der Waals surface area contributed by atoms with Gasteiger partial charge in [0.25, 0.3) is 5.56 Å². The molecule has 1 aliphatic carbocycles. The maximum atomic E-state index is 12.3. The number of hydrogen-bond donors (Lipinski definition) is 1. The number of pyridine rings is 2. The van der Waals surface area contributed by atoms with E-state index in [0.717, 1.165) is 18.5 Å². The van der Waals surface area contributed by atoms with Crippen molar-refractivity contribution in [1.29, 1.82) is 0 Å². The van der Waals surface area contributed by atoms with Gasteiger partial charge in [-0.1, -0.05) is 0 Å². The van der Waals surface area contributed by atoms with Crippen molar-refractivity contribution in [1.82, 2.24) is 19.5 Å². The fourth-order valence-corrected chi connectivity index (χ4v) is 2.67. The largest absolute Gasteiger partial charge is 0.334 e. The summed E-state index contributed by atoms with van der Waals surface area (Å²) in [6.07, 6.45) is 3.89. The van der Waals surface area contributed by atoms with Gasteiger partial charge in [0.15, 0.2) is 5.65 Å². The van der Waals surface area contributed by atoms with Crippen LogP contribution in [0.3, 0.4) is 0 Å². The molecular weight excluding hydrogens is 280 g/mol. The quantitative estimate of drug-likeness (QED) is 0.779. The fourth-order valence-electron chi connectivity index (χ4n) is 2.67. The van der Waals surface area contributed by atoms with Crippen LogP contribution < -0.4 is 11.2 Å². The average molecular weight is 294 g/mol. The third-order valence-electron chi connectivity index (χ3n) is 3.99. The predicted molar refractivity (Wildman–Crippen MR) is 82.5 cm³/mol. The summed E-state index contributed by atoms with van der Waals surface area (Å²) in [5.74, 6) is 0.447. The monoisotopic (exact) mass is 294 g/mol. The Labute approximate surface area is 125 Å². The minimum absolute atomic E-state index is 0.397. The molecule has 4 rings (SSSR count). The van der Waals surface area contributed by atoms with E-state index in [1.54, 1.807) is 24.4 Å². The Morgan fingerprint density at radius 2 is 2.05 bits per heavy atom.